The zero-order chi connectivity index (χ0) is 21.3. The summed E-state index contributed by atoms with van der Waals surface area (Å²) in [6, 6.07) is 12.2. The third kappa shape index (κ3) is 3.60. The smallest absolute Gasteiger partial charge is 0.271 e. The van der Waals surface area contributed by atoms with Crippen LogP contribution in [-0.2, 0) is 9.59 Å². The summed E-state index contributed by atoms with van der Waals surface area (Å²) in [5.74, 6) is -1.28. The predicted molar refractivity (Wildman–Crippen MR) is 106 cm³/mol. The molecule has 10 nitrogen and oxygen atoms in total. The Morgan fingerprint density at radius 2 is 1.97 bits per heavy atom. The van der Waals surface area contributed by atoms with Crippen molar-refractivity contribution in [3.8, 4) is 5.69 Å². The van der Waals surface area contributed by atoms with Gasteiger partial charge in [0.2, 0.25) is 5.91 Å². The van der Waals surface area contributed by atoms with E-state index in [1.54, 1.807) is 31.2 Å². The van der Waals surface area contributed by atoms with E-state index in [0.29, 0.717) is 17.2 Å². The van der Waals surface area contributed by atoms with Gasteiger partial charge in [0.25, 0.3) is 5.91 Å². The summed E-state index contributed by atoms with van der Waals surface area (Å²) in [5, 5.41) is 19.3. The van der Waals surface area contributed by atoms with Crippen molar-refractivity contribution in [1.29, 1.82) is 0 Å². The quantitative estimate of drug-likeness (QED) is 0.651. The zero-order valence-corrected chi connectivity index (χ0v) is 15.9. The lowest BCUT2D eigenvalue weighted by atomic mass is 10.1. The van der Waals surface area contributed by atoms with Crippen molar-refractivity contribution in [2.75, 3.05) is 10.3 Å². The van der Waals surface area contributed by atoms with Crippen molar-refractivity contribution in [2.24, 2.45) is 10.8 Å². The Hall–Kier alpha value is -4.15. The summed E-state index contributed by atoms with van der Waals surface area (Å²) in [6.07, 6.45) is 0.0518. The fraction of sp³-hybridized carbons (Fsp3) is 0.158. The number of nitrogens with one attached hydrogen (secondary N) is 1. The van der Waals surface area contributed by atoms with E-state index in [1.807, 2.05) is 6.07 Å². The minimum Gasteiger partial charge on any atom is -0.368 e. The molecular formula is C19H17FN8O2. The number of nitrogens with two attached hydrogens (primary N) is 1. The Kier molecular flexibility index (Phi) is 4.92. The maximum atomic E-state index is 14.2. The van der Waals surface area contributed by atoms with Gasteiger partial charge in [-0.25, -0.2) is 4.39 Å². The number of hydrazone groups is 1. The minimum absolute atomic E-state index is 0.0518. The number of aromatic nitrogens is 4. The number of halogens is 1. The van der Waals surface area contributed by atoms with Gasteiger partial charge in [0.15, 0.2) is 5.82 Å². The lowest BCUT2D eigenvalue weighted by molar-refractivity contribution is -0.119. The van der Waals surface area contributed by atoms with Gasteiger partial charge in [0.1, 0.15) is 23.3 Å². The minimum atomic E-state index is -0.777. The molecule has 152 valence electrons. The van der Waals surface area contributed by atoms with E-state index < -0.39 is 23.7 Å². The lowest BCUT2D eigenvalue weighted by Crippen LogP contribution is -2.39. The molecule has 1 aliphatic rings. The first-order valence-electron chi connectivity index (χ1n) is 9.01. The number of carbonyl (C=O) groups excluding carboxylic acids is 2. The highest BCUT2D eigenvalue weighted by Crippen LogP contribution is 2.25. The second-order valence-electron chi connectivity index (χ2n) is 6.61. The summed E-state index contributed by atoms with van der Waals surface area (Å²) in [5.41, 5.74) is 6.68. The number of hydrogen-bond donors (Lipinski definition) is 2. The van der Waals surface area contributed by atoms with E-state index >= 15 is 0 Å². The van der Waals surface area contributed by atoms with Crippen LogP contribution >= 0.6 is 0 Å². The molecule has 0 radical (unpaired) electrons. The molecule has 0 fully saturated rings. The maximum absolute atomic E-state index is 14.2. The van der Waals surface area contributed by atoms with Gasteiger partial charge in [-0.1, -0.05) is 18.2 Å². The third-order valence-corrected chi connectivity index (χ3v) is 4.58. The van der Waals surface area contributed by atoms with Crippen LogP contribution in [0.3, 0.4) is 0 Å². The summed E-state index contributed by atoms with van der Waals surface area (Å²) in [7, 11) is 0. The van der Waals surface area contributed by atoms with Crippen LogP contribution in [0.4, 0.5) is 15.8 Å². The normalized spacial score (nSPS) is 15.7. The van der Waals surface area contributed by atoms with Gasteiger partial charge in [-0.3, -0.25) is 14.6 Å². The Balaban J connectivity index is 1.58. The fourth-order valence-electron chi connectivity index (χ4n) is 3.10. The van der Waals surface area contributed by atoms with Gasteiger partial charge >= 0.3 is 0 Å². The van der Waals surface area contributed by atoms with Gasteiger partial charge in [-0.2, -0.15) is 9.78 Å². The summed E-state index contributed by atoms with van der Waals surface area (Å²) in [4.78, 5) is 24.6. The molecule has 2 heterocycles. The molecule has 0 saturated carbocycles. The van der Waals surface area contributed by atoms with E-state index in [0.717, 1.165) is 0 Å². The molecule has 30 heavy (non-hydrogen) atoms. The molecule has 2 aromatic carbocycles. The van der Waals surface area contributed by atoms with Crippen molar-refractivity contribution in [1.82, 2.24) is 20.2 Å². The SMILES string of the molecule is Cc1nnnn1-c1cc(NC(=O)C2=NN(c3ccccc3)C(C(N)=O)C2)ccc1F. The molecule has 0 bridgehead atoms. The molecule has 1 aromatic heterocycles. The van der Waals surface area contributed by atoms with Crippen molar-refractivity contribution in [2.45, 2.75) is 19.4 Å². The van der Waals surface area contributed by atoms with E-state index in [9.17, 15) is 14.0 Å². The molecule has 0 saturated heterocycles. The highest BCUT2D eigenvalue weighted by Gasteiger charge is 2.35. The molecular weight excluding hydrogens is 391 g/mol. The van der Waals surface area contributed by atoms with Crippen molar-refractivity contribution >= 4 is 28.9 Å². The summed E-state index contributed by atoms with van der Waals surface area (Å²) < 4.78 is 15.4. The Labute approximate surface area is 170 Å². The molecule has 11 heteroatoms. The first-order chi connectivity index (χ1) is 14.4. The topological polar surface area (TPSA) is 131 Å². The molecule has 1 atom stereocenters. The first kappa shape index (κ1) is 19.2. The number of hydrogen-bond acceptors (Lipinski definition) is 7. The maximum Gasteiger partial charge on any atom is 0.271 e. The number of anilines is 2. The Bertz CT molecular complexity index is 1140. The number of tetrazole rings is 1. The lowest BCUT2D eigenvalue weighted by Gasteiger charge is -2.20. The van der Waals surface area contributed by atoms with Crippen LogP contribution in [0.2, 0.25) is 0 Å². The average Bonchev–Trinajstić information content (AvgIpc) is 3.37. The van der Waals surface area contributed by atoms with Crippen LogP contribution in [0.1, 0.15) is 12.2 Å². The van der Waals surface area contributed by atoms with Crippen LogP contribution in [-0.4, -0.2) is 43.8 Å². The van der Waals surface area contributed by atoms with E-state index in [-0.39, 0.29) is 17.8 Å². The number of primary amides is 1. The molecule has 0 aliphatic carbocycles. The monoisotopic (exact) mass is 408 g/mol. The highest BCUT2D eigenvalue weighted by molar-refractivity contribution is 6.44. The molecule has 1 aliphatic heterocycles. The van der Waals surface area contributed by atoms with Gasteiger partial charge in [-0.05, 0) is 47.7 Å². The molecule has 2 amide bonds. The average molecular weight is 408 g/mol. The second kappa shape index (κ2) is 7.70. The molecule has 3 N–H and O–H groups in total. The number of amides is 2. The fourth-order valence-corrected chi connectivity index (χ4v) is 3.10. The molecule has 4 rings (SSSR count). The number of carbonyl (C=O) groups is 2. The highest BCUT2D eigenvalue weighted by atomic mass is 19.1. The second-order valence-corrected chi connectivity index (χ2v) is 6.61. The van der Waals surface area contributed by atoms with Crippen LogP contribution in [0.15, 0.2) is 53.6 Å². The van der Waals surface area contributed by atoms with Crippen LogP contribution in [0, 0.1) is 12.7 Å². The summed E-state index contributed by atoms with van der Waals surface area (Å²) in [6.45, 7) is 1.63. The molecule has 3 aromatic rings. The van der Waals surface area contributed by atoms with Crippen LogP contribution < -0.4 is 16.1 Å². The number of benzene rings is 2. The zero-order valence-electron chi connectivity index (χ0n) is 15.9. The predicted octanol–water partition coefficient (Wildman–Crippen LogP) is 1.17. The van der Waals surface area contributed by atoms with Crippen molar-refractivity contribution in [3.05, 3.63) is 60.2 Å². The first-order valence-corrected chi connectivity index (χ1v) is 9.01. The standard InChI is InChI=1S/C19H17FN8O2/c1-11-23-25-26-27(11)16-9-12(7-8-14(16)20)22-19(30)15-10-17(18(21)29)28(24-15)13-5-3-2-4-6-13/h2-9,17H,10H2,1H3,(H2,21,29)(H,22,30). The molecule has 1 unspecified atom stereocenters. The Morgan fingerprint density at radius 3 is 2.63 bits per heavy atom. The van der Waals surface area contributed by atoms with E-state index in [2.05, 4.69) is 25.9 Å². The van der Waals surface area contributed by atoms with Gasteiger partial charge < -0.3 is 11.1 Å². The largest absolute Gasteiger partial charge is 0.368 e. The van der Waals surface area contributed by atoms with Crippen LogP contribution in [0.5, 0.6) is 0 Å². The number of aryl methyl sites for hydroxylation is 1. The Morgan fingerprint density at radius 1 is 1.20 bits per heavy atom. The number of rotatable bonds is 5. The molecule has 0 spiro atoms. The van der Waals surface area contributed by atoms with Gasteiger partial charge in [-0.15, -0.1) is 5.10 Å². The van der Waals surface area contributed by atoms with E-state index in [1.165, 1.54) is 27.9 Å². The third-order valence-electron chi connectivity index (χ3n) is 4.58. The number of para-hydroxylation sites is 1. The van der Waals surface area contributed by atoms with Gasteiger partial charge in [0, 0.05) is 12.1 Å². The number of nitrogens with zero attached hydrogens (tertiary/aromatic N) is 6. The van der Waals surface area contributed by atoms with Crippen molar-refractivity contribution in [3.63, 3.8) is 0 Å². The van der Waals surface area contributed by atoms with E-state index in [4.69, 9.17) is 5.73 Å². The summed E-state index contributed by atoms with van der Waals surface area (Å²) >= 11 is 0. The van der Waals surface area contributed by atoms with Crippen molar-refractivity contribution < 1.29 is 14.0 Å². The van der Waals surface area contributed by atoms with Crippen LogP contribution in [0.25, 0.3) is 5.69 Å². The van der Waals surface area contributed by atoms with Gasteiger partial charge in [0.05, 0.1) is 5.69 Å².